The molecule has 1 amide bonds. The molecule has 2 heterocycles. The largest absolute Gasteiger partial charge is 0.351 e. The fourth-order valence-corrected chi connectivity index (χ4v) is 4.31. The first-order valence-corrected chi connectivity index (χ1v) is 8.82. The van der Waals surface area contributed by atoms with Crippen LogP contribution in [0, 0.1) is 6.92 Å². The number of hydrogen-bond acceptors (Lipinski definition) is 4. The molecule has 1 unspecified atom stereocenters. The Balaban J connectivity index is 1.99. The summed E-state index contributed by atoms with van der Waals surface area (Å²) >= 11 is 0. The normalized spacial score (nSPS) is 19.8. The molecule has 1 saturated heterocycles. The molecule has 0 spiro atoms. The highest BCUT2D eigenvalue weighted by Crippen LogP contribution is 2.22. The molecule has 21 heavy (non-hydrogen) atoms. The van der Waals surface area contributed by atoms with Gasteiger partial charge < -0.3 is 5.32 Å². The van der Waals surface area contributed by atoms with E-state index in [2.05, 4.69) is 15.5 Å². The zero-order valence-corrected chi connectivity index (χ0v) is 13.2. The number of rotatable bonds is 6. The highest BCUT2D eigenvalue weighted by Gasteiger charge is 2.37. The maximum atomic E-state index is 12.3. The molecular formula is C13H22N4O3S. The van der Waals surface area contributed by atoms with Crippen LogP contribution in [-0.4, -0.2) is 47.2 Å². The summed E-state index contributed by atoms with van der Waals surface area (Å²) in [4.78, 5) is 12.3. The van der Waals surface area contributed by atoms with E-state index in [4.69, 9.17) is 0 Å². The Labute approximate surface area is 125 Å². The van der Waals surface area contributed by atoms with E-state index in [-0.39, 0.29) is 11.7 Å². The minimum atomic E-state index is -3.33. The Bertz CT molecular complexity index is 596. The Morgan fingerprint density at radius 3 is 2.95 bits per heavy atom. The van der Waals surface area contributed by atoms with Crippen molar-refractivity contribution in [3.8, 4) is 0 Å². The third-order valence-electron chi connectivity index (χ3n) is 3.71. The highest BCUT2D eigenvalue weighted by atomic mass is 32.2. The molecule has 0 aromatic carbocycles. The van der Waals surface area contributed by atoms with Crippen LogP contribution in [0.3, 0.4) is 0 Å². The predicted octanol–water partition coefficient (Wildman–Crippen LogP) is 0.539. The number of aryl methyl sites for hydroxylation is 1. The van der Waals surface area contributed by atoms with Crippen LogP contribution in [0.25, 0.3) is 0 Å². The van der Waals surface area contributed by atoms with Gasteiger partial charge in [-0.3, -0.25) is 9.89 Å². The summed E-state index contributed by atoms with van der Waals surface area (Å²) in [6.45, 7) is 4.50. The van der Waals surface area contributed by atoms with Gasteiger partial charge in [0.1, 0.15) is 6.04 Å². The molecule has 1 aromatic rings. The van der Waals surface area contributed by atoms with E-state index in [0.717, 1.165) is 17.7 Å². The van der Waals surface area contributed by atoms with E-state index >= 15 is 0 Å². The Morgan fingerprint density at radius 2 is 2.33 bits per heavy atom. The van der Waals surface area contributed by atoms with Gasteiger partial charge in [0, 0.05) is 24.3 Å². The molecule has 0 radical (unpaired) electrons. The van der Waals surface area contributed by atoms with Gasteiger partial charge >= 0.3 is 0 Å². The Morgan fingerprint density at radius 1 is 1.57 bits per heavy atom. The van der Waals surface area contributed by atoms with Gasteiger partial charge in [0.15, 0.2) is 0 Å². The number of nitrogens with zero attached hydrogens (tertiary/aromatic N) is 2. The lowest BCUT2D eigenvalue weighted by Gasteiger charge is -2.23. The van der Waals surface area contributed by atoms with Crippen LogP contribution in [0.5, 0.6) is 0 Å². The quantitative estimate of drug-likeness (QED) is 0.801. The molecule has 2 N–H and O–H groups in total. The number of aromatic amines is 1. The number of carbonyl (C=O) groups excluding carboxylic acids is 1. The SMILES string of the molecule is CCCS(=O)(=O)N1CCCC1C(=O)NCc1cn[nH]c1C. The van der Waals surface area contributed by atoms with E-state index in [1.54, 1.807) is 6.20 Å². The lowest BCUT2D eigenvalue weighted by Crippen LogP contribution is -2.46. The van der Waals surface area contributed by atoms with Gasteiger partial charge in [-0.1, -0.05) is 6.92 Å². The van der Waals surface area contributed by atoms with Gasteiger partial charge in [-0.25, -0.2) is 8.42 Å². The Hall–Kier alpha value is -1.41. The van der Waals surface area contributed by atoms with E-state index in [9.17, 15) is 13.2 Å². The molecule has 0 bridgehead atoms. The summed E-state index contributed by atoms with van der Waals surface area (Å²) in [6.07, 6.45) is 3.53. The lowest BCUT2D eigenvalue weighted by atomic mass is 10.2. The number of nitrogens with one attached hydrogen (secondary N) is 2. The summed E-state index contributed by atoms with van der Waals surface area (Å²) in [7, 11) is -3.33. The molecule has 1 atom stereocenters. The summed E-state index contributed by atoms with van der Waals surface area (Å²) < 4.78 is 25.7. The van der Waals surface area contributed by atoms with Crippen LogP contribution in [0.15, 0.2) is 6.20 Å². The Kier molecular flexibility index (Phi) is 5.00. The van der Waals surface area contributed by atoms with Crippen molar-refractivity contribution in [3.63, 3.8) is 0 Å². The molecule has 2 rings (SSSR count). The first-order chi connectivity index (χ1) is 9.95. The molecule has 118 valence electrons. The zero-order chi connectivity index (χ0) is 15.5. The van der Waals surface area contributed by atoms with E-state index in [1.807, 2.05) is 13.8 Å². The second-order valence-electron chi connectivity index (χ2n) is 5.32. The van der Waals surface area contributed by atoms with Crippen molar-refractivity contribution in [1.29, 1.82) is 0 Å². The minimum absolute atomic E-state index is 0.0949. The van der Waals surface area contributed by atoms with E-state index < -0.39 is 16.1 Å². The molecule has 1 aliphatic rings. The number of sulfonamides is 1. The number of hydrogen-bond donors (Lipinski definition) is 2. The highest BCUT2D eigenvalue weighted by molar-refractivity contribution is 7.89. The van der Waals surface area contributed by atoms with Crippen molar-refractivity contribution in [3.05, 3.63) is 17.5 Å². The van der Waals surface area contributed by atoms with Gasteiger partial charge in [0.2, 0.25) is 15.9 Å². The van der Waals surface area contributed by atoms with Crippen molar-refractivity contribution >= 4 is 15.9 Å². The minimum Gasteiger partial charge on any atom is -0.351 e. The fourth-order valence-electron chi connectivity index (χ4n) is 2.56. The average molecular weight is 314 g/mol. The molecule has 0 aliphatic carbocycles. The lowest BCUT2D eigenvalue weighted by molar-refractivity contribution is -0.124. The second kappa shape index (κ2) is 6.57. The summed E-state index contributed by atoms with van der Waals surface area (Å²) in [5.74, 6) is -0.134. The van der Waals surface area contributed by atoms with Crippen LogP contribution in [0.1, 0.15) is 37.4 Å². The van der Waals surface area contributed by atoms with Crippen molar-refractivity contribution < 1.29 is 13.2 Å². The molecular weight excluding hydrogens is 292 g/mol. The number of amides is 1. The van der Waals surface area contributed by atoms with E-state index in [1.165, 1.54) is 4.31 Å². The summed E-state index contributed by atoms with van der Waals surface area (Å²) in [5.41, 5.74) is 1.81. The molecule has 7 nitrogen and oxygen atoms in total. The fraction of sp³-hybridized carbons (Fsp3) is 0.692. The van der Waals surface area contributed by atoms with Crippen LogP contribution >= 0.6 is 0 Å². The van der Waals surface area contributed by atoms with Gasteiger partial charge in [0.25, 0.3) is 0 Å². The van der Waals surface area contributed by atoms with Gasteiger partial charge in [-0.15, -0.1) is 0 Å². The maximum absolute atomic E-state index is 12.3. The van der Waals surface area contributed by atoms with Crippen LogP contribution < -0.4 is 5.32 Å². The number of H-pyrrole nitrogens is 1. The molecule has 1 fully saturated rings. The molecule has 1 aromatic heterocycles. The first kappa shape index (κ1) is 16.0. The third kappa shape index (κ3) is 3.62. The second-order valence-corrected chi connectivity index (χ2v) is 7.36. The molecule has 0 saturated carbocycles. The van der Waals surface area contributed by atoms with Crippen LogP contribution in [0.2, 0.25) is 0 Å². The van der Waals surface area contributed by atoms with Gasteiger partial charge in [-0.05, 0) is 26.2 Å². The van der Waals surface area contributed by atoms with Crippen molar-refractivity contribution in [1.82, 2.24) is 19.8 Å². The molecule has 8 heteroatoms. The van der Waals surface area contributed by atoms with Crippen molar-refractivity contribution in [2.24, 2.45) is 0 Å². The van der Waals surface area contributed by atoms with Gasteiger partial charge in [-0.2, -0.15) is 9.40 Å². The van der Waals surface area contributed by atoms with E-state index in [0.29, 0.717) is 25.9 Å². The number of carbonyl (C=O) groups is 1. The predicted molar refractivity (Wildman–Crippen MR) is 79.0 cm³/mol. The van der Waals surface area contributed by atoms with Crippen molar-refractivity contribution in [2.45, 2.75) is 45.7 Å². The smallest absolute Gasteiger partial charge is 0.238 e. The van der Waals surface area contributed by atoms with Gasteiger partial charge in [0.05, 0.1) is 11.9 Å². The number of aromatic nitrogens is 2. The first-order valence-electron chi connectivity index (χ1n) is 7.21. The van der Waals surface area contributed by atoms with Crippen LogP contribution in [0.4, 0.5) is 0 Å². The monoisotopic (exact) mass is 314 g/mol. The molecule has 1 aliphatic heterocycles. The summed E-state index contributed by atoms with van der Waals surface area (Å²) in [6, 6.07) is -0.575. The standard InChI is InChI=1S/C13H22N4O3S/c1-3-7-21(19,20)17-6-4-5-12(17)13(18)14-8-11-9-15-16-10(11)2/h9,12H,3-8H2,1-2H3,(H,14,18)(H,15,16). The maximum Gasteiger partial charge on any atom is 0.238 e. The van der Waals surface area contributed by atoms with Crippen molar-refractivity contribution in [2.75, 3.05) is 12.3 Å². The van der Waals surface area contributed by atoms with Crippen LogP contribution in [-0.2, 0) is 21.4 Å². The average Bonchev–Trinajstić information content (AvgIpc) is 3.05. The summed E-state index contributed by atoms with van der Waals surface area (Å²) in [5, 5.41) is 9.50. The zero-order valence-electron chi connectivity index (χ0n) is 12.4. The topological polar surface area (TPSA) is 95.2 Å². The third-order valence-corrected chi connectivity index (χ3v) is 5.79.